The summed E-state index contributed by atoms with van der Waals surface area (Å²) in [5.41, 5.74) is 14.6. The van der Waals surface area contributed by atoms with Crippen LogP contribution in [0.3, 0.4) is 0 Å². The second kappa shape index (κ2) is 9.79. The maximum absolute atomic E-state index is 14.1. The van der Waals surface area contributed by atoms with Crippen LogP contribution in [-0.4, -0.2) is 71.9 Å². The van der Waals surface area contributed by atoms with Crippen molar-refractivity contribution in [3.8, 4) is 16.9 Å². The first-order valence-electron chi connectivity index (χ1n) is 13.2. The monoisotopic (exact) mass is 546 g/mol. The van der Waals surface area contributed by atoms with E-state index in [-0.39, 0.29) is 23.4 Å². The Bertz CT molecular complexity index is 1510. The van der Waals surface area contributed by atoms with Crippen molar-refractivity contribution in [3.05, 3.63) is 69.7 Å². The molecule has 0 aromatic heterocycles. The third-order valence-electron chi connectivity index (χ3n) is 8.56. The predicted molar refractivity (Wildman–Crippen MR) is 150 cm³/mol. The fraction of sp³-hybridized carbons (Fsp3) is 0.367. The first-order chi connectivity index (χ1) is 18.9. The number of allylic oxidation sites excluding steroid dienone is 2. The van der Waals surface area contributed by atoms with Gasteiger partial charge in [-0.1, -0.05) is 12.1 Å². The Kier molecular flexibility index (Phi) is 6.71. The summed E-state index contributed by atoms with van der Waals surface area (Å²) >= 11 is 0. The molecule has 0 heterocycles. The van der Waals surface area contributed by atoms with Crippen LogP contribution in [-0.2, 0) is 22.6 Å². The number of carbonyl (C=O) groups is 3. The average molecular weight is 547 g/mol. The van der Waals surface area contributed by atoms with Crippen molar-refractivity contribution in [2.75, 3.05) is 33.1 Å². The summed E-state index contributed by atoms with van der Waals surface area (Å²) in [6.45, 7) is -0.0105. The highest BCUT2D eigenvalue weighted by Crippen LogP contribution is 2.52. The summed E-state index contributed by atoms with van der Waals surface area (Å²) in [6.07, 6.45) is 0.604. The molecule has 5 rings (SSSR count). The first kappa shape index (κ1) is 27.4. The summed E-state index contributed by atoms with van der Waals surface area (Å²) < 4.78 is 0. The normalized spacial score (nSPS) is 24.1. The van der Waals surface area contributed by atoms with E-state index in [1.165, 1.54) is 0 Å². The van der Waals surface area contributed by atoms with Crippen LogP contribution in [0.5, 0.6) is 5.75 Å². The van der Waals surface area contributed by atoms with Gasteiger partial charge < -0.3 is 31.7 Å². The molecule has 0 saturated heterocycles. The van der Waals surface area contributed by atoms with E-state index in [9.17, 15) is 29.7 Å². The average Bonchev–Trinajstić information content (AvgIpc) is 2.88. The Morgan fingerprint density at radius 1 is 1.02 bits per heavy atom. The zero-order chi connectivity index (χ0) is 29.2. The number of hydrogen-bond acceptors (Lipinski definition) is 9. The minimum absolute atomic E-state index is 0.0105. The molecule has 3 aliphatic rings. The van der Waals surface area contributed by atoms with E-state index >= 15 is 0 Å². The van der Waals surface area contributed by atoms with E-state index < -0.39 is 58.4 Å². The Balaban J connectivity index is 1.70. The number of benzene rings is 2. The molecule has 3 aliphatic carbocycles. The van der Waals surface area contributed by atoms with E-state index in [1.807, 2.05) is 43.3 Å². The largest absolute Gasteiger partial charge is 0.511 e. The fourth-order valence-electron chi connectivity index (χ4n) is 6.74. The van der Waals surface area contributed by atoms with Gasteiger partial charge in [0.1, 0.15) is 22.8 Å². The number of nitrogens with zero attached hydrogens (tertiary/aromatic N) is 2. The second-order valence-corrected chi connectivity index (χ2v) is 11.2. The van der Waals surface area contributed by atoms with Crippen LogP contribution in [0.15, 0.2) is 53.0 Å². The van der Waals surface area contributed by atoms with Gasteiger partial charge in [0.2, 0.25) is 0 Å². The van der Waals surface area contributed by atoms with Gasteiger partial charge in [-0.05, 0) is 73.7 Å². The molecule has 3 unspecified atom stereocenters. The van der Waals surface area contributed by atoms with Gasteiger partial charge in [-0.15, -0.1) is 0 Å². The Morgan fingerprint density at radius 2 is 1.68 bits per heavy atom. The standard InChI is InChI=1S/C30H34N4O6/c1-33(2)16-7-5-13(6-8-16)17-11-15(12-31)25(35)21-18(17)9-14-10-19-22(27(37)20(14)26(21)36)28(38)23(30(32)40)29(39)24(19)34(3)4/h5-8,11,14,19,22,24,35,37,39H,9-10,12,31H2,1-4H3,(H2,32,40)/t14?,19?,22?,24-/m0/s1. The predicted octanol–water partition coefficient (Wildman–Crippen LogP) is 2.20. The number of Topliss-reactive ketones (excluding diaryl/α,β-unsaturated/α-hetero) is 2. The van der Waals surface area contributed by atoms with Crippen molar-refractivity contribution in [1.29, 1.82) is 0 Å². The van der Waals surface area contributed by atoms with Gasteiger partial charge in [-0.3, -0.25) is 19.3 Å². The van der Waals surface area contributed by atoms with Crippen molar-refractivity contribution in [1.82, 2.24) is 4.90 Å². The molecule has 0 bridgehead atoms. The smallest absolute Gasteiger partial charge is 0.255 e. The molecule has 0 fully saturated rings. The summed E-state index contributed by atoms with van der Waals surface area (Å²) in [5, 5.41) is 33.5. The van der Waals surface area contributed by atoms with Crippen LogP contribution >= 0.6 is 0 Å². The molecule has 0 radical (unpaired) electrons. The fourth-order valence-corrected chi connectivity index (χ4v) is 6.74. The molecule has 2 aromatic rings. The zero-order valence-corrected chi connectivity index (χ0v) is 22.9. The number of phenolic OH excluding ortho intramolecular Hbond substituents is 1. The summed E-state index contributed by atoms with van der Waals surface area (Å²) in [5.74, 6) is -5.89. The Morgan fingerprint density at radius 3 is 2.23 bits per heavy atom. The molecule has 40 heavy (non-hydrogen) atoms. The lowest BCUT2D eigenvalue weighted by atomic mass is 9.60. The summed E-state index contributed by atoms with van der Waals surface area (Å²) in [7, 11) is 7.28. The Labute approximate surface area is 232 Å². The highest BCUT2D eigenvalue weighted by molar-refractivity contribution is 6.22. The van der Waals surface area contributed by atoms with Crippen LogP contribution in [0.4, 0.5) is 5.69 Å². The van der Waals surface area contributed by atoms with E-state index in [0.717, 1.165) is 16.8 Å². The number of aliphatic hydroxyl groups is 2. The third kappa shape index (κ3) is 3.98. The number of hydrogen-bond donors (Lipinski definition) is 5. The van der Waals surface area contributed by atoms with Crippen molar-refractivity contribution in [3.63, 3.8) is 0 Å². The van der Waals surface area contributed by atoms with Gasteiger partial charge in [0.25, 0.3) is 5.91 Å². The van der Waals surface area contributed by atoms with Gasteiger partial charge in [0, 0.05) is 37.5 Å². The van der Waals surface area contributed by atoms with Gasteiger partial charge in [0.05, 0.1) is 17.5 Å². The number of phenols is 1. The number of likely N-dealkylation sites (N-methyl/N-ethyl adjacent to an activating group) is 1. The van der Waals surface area contributed by atoms with E-state index in [1.54, 1.807) is 25.1 Å². The quantitative estimate of drug-likeness (QED) is 0.353. The van der Waals surface area contributed by atoms with Crippen LogP contribution < -0.4 is 16.4 Å². The van der Waals surface area contributed by atoms with Crippen LogP contribution in [0.1, 0.15) is 27.9 Å². The SMILES string of the molecule is CN(C)c1ccc(-c2cc(CN)c(O)c3c2CC2CC4C(C(=O)C(C(N)=O)=C(O)[C@H]4N(C)C)C(O)=C2C3=O)cc1. The molecular weight excluding hydrogens is 512 g/mol. The van der Waals surface area contributed by atoms with Gasteiger partial charge >= 0.3 is 0 Å². The lowest BCUT2D eigenvalue weighted by Gasteiger charge is -2.46. The molecule has 0 spiro atoms. The molecule has 7 N–H and O–H groups in total. The third-order valence-corrected chi connectivity index (χ3v) is 8.56. The maximum Gasteiger partial charge on any atom is 0.255 e. The number of nitrogens with two attached hydrogens (primary N) is 2. The Hall–Kier alpha value is -4.15. The number of amides is 1. The number of carbonyl (C=O) groups excluding carboxylic acids is 3. The molecule has 10 nitrogen and oxygen atoms in total. The summed E-state index contributed by atoms with van der Waals surface area (Å²) in [6, 6.07) is 8.85. The van der Waals surface area contributed by atoms with Gasteiger partial charge in [-0.25, -0.2) is 0 Å². The van der Waals surface area contributed by atoms with Crippen LogP contribution in [0.2, 0.25) is 0 Å². The molecule has 1 amide bonds. The van der Waals surface area contributed by atoms with Crippen molar-refractivity contribution in [2.24, 2.45) is 29.2 Å². The van der Waals surface area contributed by atoms with Crippen molar-refractivity contribution in [2.45, 2.75) is 25.4 Å². The number of fused-ring (bicyclic) bond motifs is 3. The zero-order valence-electron chi connectivity index (χ0n) is 22.9. The lowest BCUT2D eigenvalue weighted by Crippen LogP contribution is -2.53. The molecular formula is C30H34N4O6. The molecule has 2 aromatic carbocycles. The molecule has 0 aliphatic heterocycles. The van der Waals surface area contributed by atoms with Gasteiger partial charge in [-0.2, -0.15) is 0 Å². The molecule has 210 valence electrons. The number of anilines is 1. The number of ketones is 2. The van der Waals surface area contributed by atoms with Crippen LogP contribution in [0, 0.1) is 17.8 Å². The highest BCUT2D eigenvalue weighted by atomic mass is 16.3. The lowest BCUT2D eigenvalue weighted by molar-refractivity contribution is -0.127. The van der Waals surface area contributed by atoms with E-state index in [0.29, 0.717) is 24.0 Å². The van der Waals surface area contributed by atoms with Crippen molar-refractivity contribution >= 4 is 23.2 Å². The molecule has 10 heteroatoms. The minimum atomic E-state index is -1.22. The molecule has 4 atom stereocenters. The minimum Gasteiger partial charge on any atom is -0.511 e. The number of aromatic hydroxyl groups is 1. The van der Waals surface area contributed by atoms with Crippen LogP contribution in [0.25, 0.3) is 11.1 Å². The number of aliphatic hydroxyl groups excluding tert-OH is 2. The topological polar surface area (TPSA) is 170 Å². The summed E-state index contributed by atoms with van der Waals surface area (Å²) in [4.78, 5) is 43.2. The second-order valence-electron chi connectivity index (χ2n) is 11.2. The first-order valence-corrected chi connectivity index (χ1v) is 13.2. The van der Waals surface area contributed by atoms with E-state index in [4.69, 9.17) is 11.5 Å². The van der Waals surface area contributed by atoms with E-state index in [2.05, 4.69) is 0 Å². The highest BCUT2D eigenvalue weighted by Gasteiger charge is 2.54. The number of rotatable bonds is 5. The number of primary amides is 1. The van der Waals surface area contributed by atoms with Gasteiger partial charge in [0.15, 0.2) is 11.6 Å². The maximum atomic E-state index is 14.1. The molecule has 0 saturated carbocycles. The van der Waals surface area contributed by atoms with Crippen molar-refractivity contribution < 1.29 is 29.7 Å².